The molecule has 0 aromatic heterocycles. The Kier molecular flexibility index (Phi) is 1.44. The number of carbonyl (C=O) groups is 1. The minimum atomic E-state index is -0.693. The summed E-state index contributed by atoms with van der Waals surface area (Å²) in [4.78, 5) is 12.0. The van der Waals surface area contributed by atoms with Gasteiger partial charge in [-0.1, -0.05) is 17.7 Å². The minimum absolute atomic E-state index is 0.00699. The van der Waals surface area contributed by atoms with E-state index in [1.54, 1.807) is 0 Å². The van der Waals surface area contributed by atoms with E-state index in [-0.39, 0.29) is 35.9 Å². The maximum Gasteiger partial charge on any atom is 0.142 e. The van der Waals surface area contributed by atoms with Crippen LogP contribution in [-0.2, 0) is 9.53 Å². The van der Waals surface area contributed by atoms with Gasteiger partial charge in [0.25, 0.3) is 0 Å². The van der Waals surface area contributed by atoms with Gasteiger partial charge in [0.1, 0.15) is 5.78 Å². The second-order valence-electron chi connectivity index (χ2n) is 5.06. The van der Waals surface area contributed by atoms with E-state index in [4.69, 9.17) is 16.3 Å². The van der Waals surface area contributed by atoms with Crippen molar-refractivity contribution < 1.29 is 14.6 Å². The zero-order valence-corrected chi connectivity index (χ0v) is 8.72. The molecule has 4 fully saturated rings. The van der Waals surface area contributed by atoms with Crippen LogP contribution in [0, 0.1) is 23.7 Å². The third-order valence-corrected chi connectivity index (χ3v) is 4.90. The molecule has 4 heteroatoms. The maximum atomic E-state index is 12.0. The van der Waals surface area contributed by atoms with Crippen molar-refractivity contribution in [2.75, 3.05) is 0 Å². The molecule has 0 aromatic rings. The predicted molar refractivity (Wildman–Crippen MR) is 52.2 cm³/mol. The molecule has 0 amide bonds. The number of Topliss-reactive ketones (excluding diaryl/α,β-unsaturated/α-hetero) is 1. The molecule has 0 aromatic carbocycles. The van der Waals surface area contributed by atoms with Gasteiger partial charge in [0.05, 0.1) is 24.2 Å². The lowest BCUT2D eigenvalue weighted by molar-refractivity contribution is -0.138. The van der Waals surface area contributed by atoms with Gasteiger partial charge >= 0.3 is 0 Å². The summed E-state index contributed by atoms with van der Waals surface area (Å²) < 4.78 is 5.82. The van der Waals surface area contributed by atoms with Crippen LogP contribution in [-0.4, -0.2) is 29.2 Å². The second-order valence-corrected chi connectivity index (χ2v) is 5.50. The first-order chi connectivity index (χ1) is 7.18. The van der Waals surface area contributed by atoms with E-state index in [0.29, 0.717) is 10.8 Å². The molecule has 2 saturated heterocycles. The van der Waals surface area contributed by atoms with E-state index in [2.05, 4.69) is 0 Å². The molecule has 3 nitrogen and oxygen atoms in total. The summed E-state index contributed by atoms with van der Waals surface area (Å²) >= 11 is 6.00. The van der Waals surface area contributed by atoms with Gasteiger partial charge in [-0.2, -0.15) is 0 Å². The molecule has 6 bridgehead atoms. The van der Waals surface area contributed by atoms with Gasteiger partial charge in [-0.3, -0.25) is 4.79 Å². The van der Waals surface area contributed by atoms with Crippen LogP contribution in [0.5, 0.6) is 0 Å². The smallest absolute Gasteiger partial charge is 0.142 e. The zero-order valence-electron chi connectivity index (χ0n) is 7.97. The van der Waals surface area contributed by atoms with Gasteiger partial charge < -0.3 is 9.84 Å². The fourth-order valence-electron chi connectivity index (χ4n) is 4.01. The topological polar surface area (TPSA) is 46.5 Å². The van der Waals surface area contributed by atoms with E-state index in [1.165, 1.54) is 0 Å². The largest absolute Gasteiger partial charge is 0.387 e. The molecule has 80 valence electrons. The highest BCUT2D eigenvalue weighted by atomic mass is 35.5. The highest BCUT2D eigenvalue weighted by molar-refractivity contribution is 6.30. The van der Waals surface area contributed by atoms with E-state index in [0.717, 1.165) is 6.42 Å². The molecule has 7 unspecified atom stereocenters. The van der Waals surface area contributed by atoms with Crippen LogP contribution in [0.2, 0.25) is 0 Å². The zero-order chi connectivity index (χ0) is 10.3. The van der Waals surface area contributed by atoms with E-state index in [9.17, 15) is 9.90 Å². The van der Waals surface area contributed by atoms with Crippen molar-refractivity contribution in [2.45, 2.75) is 24.7 Å². The highest BCUT2D eigenvalue weighted by Gasteiger charge is 2.67. The summed E-state index contributed by atoms with van der Waals surface area (Å²) in [5.74, 6) is 0.352. The Morgan fingerprint density at radius 2 is 2.33 bits per heavy atom. The molecule has 1 N–H and O–H groups in total. The van der Waals surface area contributed by atoms with E-state index in [1.807, 2.05) is 6.08 Å². The van der Waals surface area contributed by atoms with Crippen LogP contribution in [0.1, 0.15) is 6.42 Å². The van der Waals surface area contributed by atoms with Crippen molar-refractivity contribution in [3.8, 4) is 0 Å². The van der Waals surface area contributed by atoms with Gasteiger partial charge in [0.15, 0.2) is 0 Å². The van der Waals surface area contributed by atoms with Crippen molar-refractivity contribution in [1.29, 1.82) is 0 Å². The first kappa shape index (κ1) is 8.74. The van der Waals surface area contributed by atoms with Crippen LogP contribution in [0.4, 0.5) is 0 Å². The molecular formula is C11H11ClO3. The Morgan fingerprint density at radius 3 is 3.13 bits per heavy atom. The molecule has 2 saturated carbocycles. The molecule has 3 aliphatic carbocycles. The number of ketones is 1. The molecular weight excluding hydrogens is 216 g/mol. The molecule has 0 radical (unpaired) electrons. The quantitative estimate of drug-likeness (QED) is 0.662. The average molecular weight is 227 g/mol. The summed E-state index contributed by atoms with van der Waals surface area (Å²) in [6.07, 6.45) is 2.07. The third kappa shape index (κ3) is 0.811. The lowest BCUT2D eigenvalue weighted by Crippen LogP contribution is -2.51. The molecule has 15 heavy (non-hydrogen) atoms. The van der Waals surface area contributed by atoms with Gasteiger partial charge in [0, 0.05) is 22.8 Å². The first-order valence-corrected chi connectivity index (χ1v) is 5.81. The molecule has 0 spiro atoms. The maximum absolute atomic E-state index is 12.0. The number of halogens is 1. The molecule has 7 atom stereocenters. The Balaban J connectivity index is 1.92. The predicted octanol–water partition coefficient (Wildman–Crippen LogP) is 0.702. The van der Waals surface area contributed by atoms with Gasteiger partial charge in [0.2, 0.25) is 0 Å². The normalized spacial score (nSPS) is 60.0. The number of carbonyl (C=O) groups excluding carboxylic acids is 1. The summed E-state index contributed by atoms with van der Waals surface area (Å²) in [5.41, 5.74) is 0. The Bertz CT molecular complexity index is 391. The monoisotopic (exact) mass is 226 g/mol. The number of ether oxygens (including phenoxy) is 1. The highest BCUT2D eigenvalue weighted by Crippen LogP contribution is 2.59. The number of aliphatic hydroxyl groups excluding tert-OH is 1. The van der Waals surface area contributed by atoms with E-state index < -0.39 is 6.10 Å². The van der Waals surface area contributed by atoms with Crippen molar-refractivity contribution in [2.24, 2.45) is 23.7 Å². The summed E-state index contributed by atoms with van der Waals surface area (Å²) in [6, 6.07) is 0. The number of aliphatic hydroxyl groups is 1. The standard InChI is InChI=1S/C11H11ClO3/c12-5-1-4-7-6-2-3(9(7)13)8(10(5)14)11(4)15-6/h1,3-4,6-8,10-11,14H,2H2. The summed E-state index contributed by atoms with van der Waals surface area (Å²) in [5, 5.41) is 10.5. The van der Waals surface area contributed by atoms with Crippen molar-refractivity contribution in [3.63, 3.8) is 0 Å². The van der Waals surface area contributed by atoms with Crippen LogP contribution < -0.4 is 0 Å². The lowest BCUT2D eigenvalue weighted by Gasteiger charge is -2.43. The Hall–Kier alpha value is -0.380. The van der Waals surface area contributed by atoms with Crippen LogP contribution >= 0.6 is 11.6 Å². The van der Waals surface area contributed by atoms with Gasteiger partial charge in [-0.25, -0.2) is 0 Å². The minimum Gasteiger partial charge on any atom is -0.387 e. The van der Waals surface area contributed by atoms with Gasteiger partial charge in [-0.05, 0) is 6.42 Å². The number of hydrogen-bond donors (Lipinski definition) is 1. The number of rotatable bonds is 0. The number of hydrogen-bond acceptors (Lipinski definition) is 3. The Morgan fingerprint density at radius 1 is 1.53 bits per heavy atom. The van der Waals surface area contributed by atoms with Crippen LogP contribution in [0.3, 0.4) is 0 Å². The molecule has 2 heterocycles. The van der Waals surface area contributed by atoms with Crippen molar-refractivity contribution >= 4 is 17.4 Å². The van der Waals surface area contributed by atoms with Crippen LogP contribution in [0.25, 0.3) is 0 Å². The summed E-state index contributed by atoms with van der Waals surface area (Å²) in [7, 11) is 0. The van der Waals surface area contributed by atoms with Crippen molar-refractivity contribution in [3.05, 3.63) is 11.1 Å². The Labute approximate surface area is 92.0 Å². The molecule has 5 rings (SSSR count). The summed E-state index contributed by atoms with van der Waals surface area (Å²) in [6.45, 7) is 0. The SMILES string of the molecule is O=C1C2CC3OC4C(C=C(Cl)C(O)C24)C13. The lowest BCUT2D eigenvalue weighted by atomic mass is 9.66. The van der Waals surface area contributed by atoms with Crippen LogP contribution in [0.15, 0.2) is 11.1 Å². The molecule has 2 aliphatic heterocycles. The second kappa shape index (κ2) is 2.47. The first-order valence-electron chi connectivity index (χ1n) is 5.43. The fraction of sp³-hybridized carbons (Fsp3) is 0.727. The fourth-order valence-corrected chi connectivity index (χ4v) is 4.30. The van der Waals surface area contributed by atoms with Crippen molar-refractivity contribution in [1.82, 2.24) is 0 Å². The average Bonchev–Trinajstić information content (AvgIpc) is 2.63. The molecule has 5 aliphatic rings. The van der Waals surface area contributed by atoms with E-state index >= 15 is 0 Å². The third-order valence-electron chi connectivity index (χ3n) is 4.55. The van der Waals surface area contributed by atoms with Gasteiger partial charge in [-0.15, -0.1) is 0 Å².